The van der Waals surface area contributed by atoms with Gasteiger partial charge in [-0.05, 0) is 29.8 Å². The molecule has 9 heteroatoms. The summed E-state index contributed by atoms with van der Waals surface area (Å²) in [5.41, 5.74) is 0.496. The highest BCUT2D eigenvalue weighted by Gasteiger charge is 2.22. The maximum Gasteiger partial charge on any atom is 0.341 e. The molecule has 2 unspecified atom stereocenters. The number of esters is 1. The van der Waals surface area contributed by atoms with Gasteiger partial charge in [0.1, 0.15) is 29.8 Å². The number of aliphatic hydroxyl groups excluding tert-OH is 1. The second-order valence-corrected chi connectivity index (χ2v) is 6.31. The topological polar surface area (TPSA) is 106 Å². The number of benzene rings is 2. The van der Waals surface area contributed by atoms with Crippen molar-refractivity contribution >= 4 is 18.4 Å². The van der Waals surface area contributed by atoms with Crippen molar-refractivity contribution in [2.24, 2.45) is 0 Å². The molecule has 0 spiro atoms. The molecule has 8 nitrogen and oxygen atoms in total. The number of carbonyl (C=O) groups excluding carboxylic acids is 1. The molecule has 0 radical (unpaired) electrons. The highest BCUT2D eigenvalue weighted by atomic mass is 35.5. The maximum atomic E-state index is 11.7. The van der Waals surface area contributed by atoms with Gasteiger partial charge in [-0.1, -0.05) is 6.07 Å². The third-order valence-corrected chi connectivity index (χ3v) is 4.39. The first-order valence-corrected chi connectivity index (χ1v) is 8.79. The van der Waals surface area contributed by atoms with Crippen LogP contribution in [-0.2, 0) is 4.74 Å². The van der Waals surface area contributed by atoms with Gasteiger partial charge in [0.2, 0.25) is 0 Å². The molecule has 158 valence electrons. The Labute approximate surface area is 174 Å². The summed E-state index contributed by atoms with van der Waals surface area (Å²) < 4.78 is 21.4. The Balaban J connectivity index is 0.00000300. The zero-order valence-corrected chi connectivity index (χ0v) is 16.9. The van der Waals surface area contributed by atoms with Gasteiger partial charge in [-0.2, -0.15) is 0 Å². The van der Waals surface area contributed by atoms with Crippen molar-refractivity contribution in [3.8, 4) is 23.0 Å². The number of ether oxygens (including phenoxy) is 4. The molecule has 1 aliphatic rings. The first kappa shape index (κ1) is 22.6. The van der Waals surface area contributed by atoms with Crippen molar-refractivity contribution in [1.82, 2.24) is 5.32 Å². The summed E-state index contributed by atoms with van der Waals surface area (Å²) in [5.74, 6) is 1.09. The lowest BCUT2D eigenvalue weighted by molar-refractivity contribution is 0.0597. The number of hydrogen-bond donors (Lipinski definition) is 3. The molecule has 0 aromatic heterocycles. The number of halogens is 1. The summed E-state index contributed by atoms with van der Waals surface area (Å²) in [5, 5.41) is 23.2. The number of rotatable bonds is 7. The molecule has 3 N–H and O–H groups in total. The van der Waals surface area contributed by atoms with Crippen LogP contribution in [-0.4, -0.2) is 56.2 Å². The predicted molar refractivity (Wildman–Crippen MR) is 107 cm³/mol. The van der Waals surface area contributed by atoms with Crippen LogP contribution < -0.4 is 19.5 Å². The molecule has 0 saturated carbocycles. The van der Waals surface area contributed by atoms with Gasteiger partial charge >= 0.3 is 5.97 Å². The van der Waals surface area contributed by atoms with Crippen LogP contribution >= 0.6 is 12.4 Å². The van der Waals surface area contributed by atoms with E-state index in [0.717, 1.165) is 0 Å². The fourth-order valence-corrected chi connectivity index (χ4v) is 2.86. The standard InChI is InChI=1S/C20H23NO7.ClH/c1-25-13-4-6-18-19(8-13)28-14(11-27-18)9-21-10-17(23)12-3-5-16(22)15(7-12)20(24)26-2;/h3-8,14,17,21-23H,9-11H2,1-2H3;1H. The first-order chi connectivity index (χ1) is 13.5. The highest BCUT2D eigenvalue weighted by molar-refractivity contribution is 5.92. The van der Waals surface area contributed by atoms with Crippen LogP contribution in [0.2, 0.25) is 0 Å². The second kappa shape index (κ2) is 10.2. The lowest BCUT2D eigenvalue weighted by Gasteiger charge is -2.27. The molecule has 1 aliphatic heterocycles. The molecule has 0 aliphatic carbocycles. The van der Waals surface area contributed by atoms with Crippen LogP contribution in [0.15, 0.2) is 36.4 Å². The lowest BCUT2D eigenvalue weighted by atomic mass is 10.0. The largest absolute Gasteiger partial charge is 0.507 e. The van der Waals surface area contributed by atoms with E-state index < -0.39 is 12.1 Å². The third kappa shape index (κ3) is 5.44. The van der Waals surface area contributed by atoms with E-state index in [-0.39, 0.29) is 36.4 Å². The van der Waals surface area contributed by atoms with Crippen molar-refractivity contribution in [2.75, 3.05) is 33.9 Å². The monoisotopic (exact) mass is 425 g/mol. The molecule has 0 fully saturated rings. The van der Waals surface area contributed by atoms with E-state index in [4.69, 9.17) is 14.2 Å². The van der Waals surface area contributed by atoms with Crippen molar-refractivity contribution < 1.29 is 34.0 Å². The highest BCUT2D eigenvalue weighted by Crippen LogP contribution is 2.34. The molecule has 2 atom stereocenters. The number of carbonyl (C=O) groups is 1. The summed E-state index contributed by atoms with van der Waals surface area (Å²) in [6, 6.07) is 9.68. The first-order valence-electron chi connectivity index (χ1n) is 8.79. The molecule has 2 aromatic rings. The summed E-state index contributed by atoms with van der Waals surface area (Å²) in [7, 11) is 2.81. The minimum absolute atomic E-state index is 0. The van der Waals surface area contributed by atoms with Gasteiger partial charge in [0.05, 0.1) is 20.3 Å². The molecule has 1 heterocycles. The molecule has 0 bridgehead atoms. The van der Waals surface area contributed by atoms with Crippen LogP contribution in [0.4, 0.5) is 0 Å². The lowest BCUT2D eigenvalue weighted by Crippen LogP contribution is -2.39. The van der Waals surface area contributed by atoms with E-state index in [0.29, 0.717) is 36.0 Å². The molecule has 0 saturated heterocycles. The number of aromatic hydroxyl groups is 1. The molecular formula is C20H24ClNO7. The minimum Gasteiger partial charge on any atom is -0.507 e. The number of phenolic OH excluding ortho intramolecular Hbond substituents is 1. The van der Waals surface area contributed by atoms with Crippen LogP contribution in [0.5, 0.6) is 23.0 Å². The molecule has 29 heavy (non-hydrogen) atoms. The number of aliphatic hydroxyl groups is 1. The second-order valence-electron chi connectivity index (χ2n) is 6.31. The maximum absolute atomic E-state index is 11.7. The van der Waals surface area contributed by atoms with Gasteiger partial charge in [0, 0.05) is 19.2 Å². The Morgan fingerprint density at radius 1 is 1.24 bits per heavy atom. The zero-order chi connectivity index (χ0) is 20.1. The van der Waals surface area contributed by atoms with Crippen LogP contribution in [0, 0.1) is 0 Å². The minimum atomic E-state index is -0.874. The number of fused-ring (bicyclic) bond motifs is 1. The van der Waals surface area contributed by atoms with E-state index in [1.54, 1.807) is 31.4 Å². The van der Waals surface area contributed by atoms with Gasteiger partial charge in [0.25, 0.3) is 0 Å². The van der Waals surface area contributed by atoms with E-state index in [9.17, 15) is 15.0 Å². The summed E-state index contributed by atoms with van der Waals surface area (Å²) in [6.07, 6.45) is -1.10. The van der Waals surface area contributed by atoms with E-state index >= 15 is 0 Å². The SMILES string of the molecule is COC(=O)c1cc(C(O)CNCC2COc3ccc(OC)cc3O2)ccc1O.Cl. The smallest absolute Gasteiger partial charge is 0.341 e. The molecule has 3 rings (SSSR count). The van der Waals surface area contributed by atoms with Crippen molar-refractivity contribution in [3.63, 3.8) is 0 Å². The number of phenols is 1. The Kier molecular flexibility index (Phi) is 7.95. The van der Waals surface area contributed by atoms with E-state index in [1.807, 2.05) is 0 Å². The fourth-order valence-electron chi connectivity index (χ4n) is 2.86. The number of hydrogen-bond acceptors (Lipinski definition) is 8. The van der Waals surface area contributed by atoms with Crippen molar-refractivity contribution in [1.29, 1.82) is 0 Å². The number of methoxy groups -OCH3 is 2. The van der Waals surface area contributed by atoms with Crippen LogP contribution in [0.3, 0.4) is 0 Å². The van der Waals surface area contributed by atoms with Gasteiger partial charge in [-0.15, -0.1) is 12.4 Å². The van der Waals surface area contributed by atoms with Gasteiger partial charge in [-0.25, -0.2) is 4.79 Å². The zero-order valence-electron chi connectivity index (χ0n) is 16.1. The Morgan fingerprint density at radius 3 is 2.76 bits per heavy atom. The molecule has 0 amide bonds. The summed E-state index contributed by atoms with van der Waals surface area (Å²) in [4.78, 5) is 11.7. The normalized spacial score (nSPS) is 15.8. The van der Waals surface area contributed by atoms with Crippen LogP contribution in [0.1, 0.15) is 22.0 Å². The Hall–Kier alpha value is -2.68. The Bertz CT molecular complexity index is 846. The predicted octanol–water partition coefficient (Wildman–Crippen LogP) is 2.07. The summed E-state index contributed by atoms with van der Waals surface area (Å²) >= 11 is 0. The van der Waals surface area contributed by atoms with E-state index in [2.05, 4.69) is 10.1 Å². The molecule has 2 aromatic carbocycles. The average molecular weight is 426 g/mol. The fraction of sp³-hybridized carbons (Fsp3) is 0.350. The van der Waals surface area contributed by atoms with Crippen LogP contribution in [0.25, 0.3) is 0 Å². The average Bonchev–Trinajstić information content (AvgIpc) is 2.72. The van der Waals surface area contributed by atoms with E-state index in [1.165, 1.54) is 19.2 Å². The summed E-state index contributed by atoms with van der Waals surface area (Å²) in [6.45, 7) is 1.07. The number of nitrogens with one attached hydrogen (secondary N) is 1. The van der Waals surface area contributed by atoms with Crippen molar-refractivity contribution in [2.45, 2.75) is 12.2 Å². The van der Waals surface area contributed by atoms with Gasteiger partial charge < -0.3 is 34.5 Å². The van der Waals surface area contributed by atoms with Gasteiger partial charge in [-0.3, -0.25) is 0 Å². The van der Waals surface area contributed by atoms with Crippen molar-refractivity contribution in [3.05, 3.63) is 47.5 Å². The molecular weight excluding hydrogens is 402 g/mol. The van der Waals surface area contributed by atoms with Gasteiger partial charge in [0.15, 0.2) is 11.5 Å². The third-order valence-electron chi connectivity index (χ3n) is 4.39. The Morgan fingerprint density at radius 2 is 2.03 bits per heavy atom. The quantitative estimate of drug-likeness (QED) is 0.579.